The lowest BCUT2D eigenvalue weighted by molar-refractivity contribution is -0.0228. The molecule has 3 nitrogen and oxygen atoms in total. The van der Waals surface area contributed by atoms with E-state index < -0.39 is 0 Å². The van der Waals surface area contributed by atoms with Crippen molar-refractivity contribution in [2.75, 3.05) is 12.3 Å². The summed E-state index contributed by atoms with van der Waals surface area (Å²) in [4.78, 5) is 0. The Morgan fingerprint density at radius 1 is 1.20 bits per heavy atom. The standard InChI is InChI=1S/C17H27NO2/c1-3-13-7-5-6-8-16(13)20-12-14-11-15(18)9-10-17(14)19-4-2/h9-11,13,16H,3-8,12,18H2,1-2H3. The number of nitrogen functional groups attached to an aromatic ring is 1. The molecule has 0 bridgehead atoms. The number of hydrogen-bond acceptors (Lipinski definition) is 3. The first-order valence-electron chi connectivity index (χ1n) is 7.87. The summed E-state index contributed by atoms with van der Waals surface area (Å²) in [5.41, 5.74) is 7.70. The Hall–Kier alpha value is -1.22. The van der Waals surface area contributed by atoms with Gasteiger partial charge in [0, 0.05) is 11.3 Å². The topological polar surface area (TPSA) is 44.5 Å². The monoisotopic (exact) mass is 277 g/mol. The van der Waals surface area contributed by atoms with Crippen LogP contribution in [0.25, 0.3) is 0 Å². The molecule has 20 heavy (non-hydrogen) atoms. The van der Waals surface area contributed by atoms with Crippen molar-refractivity contribution in [1.29, 1.82) is 0 Å². The third-order valence-electron chi connectivity index (χ3n) is 4.20. The first-order valence-corrected chi connectivity index (χ1v) is 7.87. The van der Waals surface area contributed by atoms with Crippen LogP contribution in [0.3, 0.4) is 0 Å². The third-order valence-corrected chi connectivity index (χ3v) is 4.20. The van der Waals surface area contributed by atoms with E-state index in [1.54, 1.807) is 0 Å². The molecule has 2 rings (SSSR count). The molecule has 2 unspecified atom stereocenters. The maximum atomic E-state index is 6.18. The lowest BCUT2D eigenvalue weighted by atomic mass is 9.85. The van der Waals surface area contributed by atoms with E-state index in [-0.39, 0.29) is 0 Å². The van der Waals surface area contributed by atoms with Gasteiger partial charge in [0.05, 0.1) is 19.3 Å². The fourth-order valence-electron chi connectivity index (χ4n) is 3.07. The zero-order chi connectivity index (χ0) is 14.4. The predicted octanol–water partition coefficient (Wildman–Crippen LogP) is 4.15. The molecule has 112 valence electrons. The first-order chi connectivity index (χ1) is 9.74. The van der Waals surface area contributed by atoms with Crippen molar-refractivity contribution < 1.29 is 9.47 Å². The predicted molar refractivity (Wildman–Crippen MR) is 82.8 cm³/mol. The first kappa shape index (κ1) is 15.2. The molecule has 0 aliphatic heterocycles. The lowest BCUT2D eigenvalue weighted by Crippen LogP contribution is -2.27. The van der Waals surface area contributed by atoms with Gasteiger partial charge in [-0.25, -0.2) is 0 Å². The van der Waals surface area contributed by atoms with Crippen molar-refractivity contribution in [3.05, 3.63) is 23.8 Å². The second-order valence-corrected chi connectivity index (χ2v) is 5.60. The summed E-state index contributed by atoms with van der Waals surface area (Å²) in [6.45, 7) is 5.52. The van der Waals surface area contributed by atoms with Gasteiger partial charge in [-0.1, -0.05) is 26.2 Å². The molecule has 1 aliphatic carbocycles. The third kappa shape index (κ3) is 3.89. The summed E-state index contributed by atoms with van der Waals surface area (Å²) >= 11 is 0. The van der Waals surface area contributed by atoms with Crippen LogP contribution in [-0.4, -0.2) is 12.7 Å². The minimum Gasteiger partial charge on any atom is -0.494 e. The van der Waals surface area contributed by atoms with E-state index in [0.29, 0.717) is 25.2 Å². The Morgan fingerprint density at radius 3 is 2.75 bits per heavy atom. The molecule has 2 atom stereocenters. The average Bonchev–Trinajstić information content (AvgIpc) is 2.48. The fraction of sp³-hybridized carbons (Fsp3) is 0.647. The number of benzene rings is 1. The van der Waals surface area contributed by atoms with Crippen LogP contribution in [0.2, 0.25) is 0 Å². The molecule has 0 saturated heterocycles. The molecule has 1 aromatic rings. The van der Waals surface area contributed by atoms with Gasteiger partial charge in [0.25, 0.3) is 0 Å². The summed E-state index contributed by atoms with van der Waals surface area (Å²) in [7, 11) is 0. The molecular weight excluding hydrogens is 250 g/mol. The van der Waals surface area contributed by atoms with E-state index in [9.17, 15) is 0 Å². The molecule has 2 N–H and O–H groups in total. The lowest BCUT2D eigenvalue weighted by Gasteiger charge is -2.31. The van der Waals surface area contributed by atoms with Crippen LogP contribution >= 0.6 is 0 Å². The quantitative estimate of drug-likeness (QED) is 0.794. The molecule has 1 fully saturated rings. The fourth-order valence-corrected chi connectivity index (χ4v) is 3.07. The zero-order valence-corrected chi connectivity index (χ0v) is 12.7. The Bertz CT molecular complexity index is 419. The van der Waals surface area contributed by atoms with Crippen LogP contribution in [0.15, 0.2) is 18.2 Å². The molecule has 0 heterocycles. The summed E-state index contributed by atoms with van der Waals surface area (Å²) in [6, 6.07) is 5.79. The molecular formula is C17H27NO2. The molecule has 0 radical (unpaired) electrons. The minimum absolute atomic E-state index is 0.393. The Balaban J connectivity index is 2.00. The van der Waals surface area contributed by atoms with Gasteiger partial charge in [-0.05, 0) is 43.9 Å². The zero-order valence-electron chi connectivity index (χ0n) is 12.7. The van der Waals surface area contributed by atoms with Gasteiger partial charge < -0.3 is 15.2 Å². The van der Waals surface area contributed by atoms with Crippen molar-refractivity contribution in [3.8, 4) is 5.75 Å². The van der Waals surface area contributed by atoms with E-state index in [4.69, 9.17) is 15.2 Å². The van der Waals surface area contributed by atoms with Gasteiger partial charge in [0.15, 0.2) is 0 Å². The largest absolute Gasteiger partial charge is 0.494 e. The van der Waals surface area contributed by atoms with Crippen LogP contribution in [0.1, 0.15) is 51.5 Å². The normalized spacial score (nSPS) is 22.7. The van der Waals surface area contributed by atoms with E-state index in [1.807, 2.05) is 25.1 Å². The highest BCUT2D eigenvalue weighted by Gasteiger charge is 2.24. The number of ether oxygens (including phenoxy) is 2. The average molecular weight is 277 g/mol. The van der Waals surface area contributed by atoms with Gasteiger partial charge in [0.2, 0.25) is 0 Å². The summed E-state index contributed by atoms with van der Waals surface area (Å²) in [5, 5.41) is 0. The molecule has 1 aromatic carbocycles. The van der Waals surface area contributed by atoms with Crippen molar-refractivity contribution in [2.45, 2.75) is 58.7 Å². The van der Waals surface area contributed by atoms with Crippen LogP contribution in [0.5, 0.6) is 5.75 Å². The van der Waals surface area contributed by atoms with E-state index in [1.165, 1.54) is 32.1 Å². The van der Waals surface area contributed by atoms with E-state index >= 15 is 0 Å². The molecule has 1 aliphatic rings. The summed E-state index contributed by atoms with van der Waals surface area (Å²) < 4.78 is 11.8. The van der Waals surface area contributed by atoms with Gasteiger partial charge >= 0.3 is 0 Å². The van der Waals surface area contributed by atoms with Crippen molar-refractivity contribution in [3.63, 3.8) is 0 Å². The van der Waals surface area contributed by atoms with Crippen LogP contribution in [-0.2, 0) is 11.3 Å². The maximum absolute atomic E-state index is 6.18. The molecule has 0 amide bonds. The highest BCUT2D eigenvalue weighted by molar-refractivity contribution is 5.47. The maximum Gasteiger partial charge on any atom is 0.124 e. The van der Waals surface area contributed by atoms with Gasteiger partial charge in [-0.2, -0.15) is 0 Å². The van der Waals surface area contributed by atoms with Crippen molar-refractivity contribution in [2.24, 2.45) is 5.92 Å². The second kappa shape index (κ2) is 7.53. The minimum atomic E-state index is 0.393. The Kier molecular flexibility index (Phi) is 5.72. The van der Waals surface area contributed by atoms with Crippen LogP contribution in [0, 0.1) is 5.92 Å². The van der Waals surface area contributed by atoms with Gasteiger partial charge in [-0.15, -0.1) is 0 Å². The van der Waals surface area contributed by atoms with Crippen LogP contribution in [0.4, 0.5) is 5.69 Å². The van der Waals surface area contributed by atoms with E-state index in [2.05, 4.69) is 6.92 Å². The summed E-state index contributed by atoms with van der Waals surface area (Å²) in [6.07, 6.45) is 6.72. The number of hydrogen-bond donors (Lipinski definition) is 1. The smallest absolute Gasteiger partial charge is 0.124 e. The molecule has 0 spiro atoms. The van der Waals surface area contributed by atoms with E-state index in [0.717, 1.165) is 17.0 Å². The second-order valence-electron chi connectivity index (χ2n) is 5.60. The van der Waals surface area contributed by atoms with Crippen molar-refractivity contribution in [1.82, 2.24) is 0 Å². The molecule has 0 aromatic heterocycles. The summed E-state index contributed by atoms with van der Waals surface area (Å²) in [5.74, 6) is 1.60. The molecule has 3 heteroatoms. The SMILES string of the molecule is CCOc1ccc(N)cc1COC1CCCCC1CC. The van der Waals surface area contributed by atoms with Crippen molar-refractivity contribution >= 4 is 5.69 Å². The highest BCUT2D eigenvalue weighted by atomic mass is 16.5. The number of anilines is 1. The Labute approximate surface area is 122 Å². The highest BCUT2D eigenvalue weighted by Crippen LogP contribution is 2.31. The number of nitrogens with two attached hydrogens (primary N) is 1. The van der Waals surface area contributed by atoms with Gasteiger partial charge in [-0.3, -0.25) is 0 Å². The Morgan fingerprint density at radius 2 is 2.00 bits per heavy atom. The number of rotatable bonds is 6. The van der Waals surface area contributed by atoms with Crippen LogP contribution < -0.4 is 10.5 Å². The van der Waals surface area contributed by atoms with Gasteiger partial charge in [0.1, 0.15) is 5.75 Å². The molecule has 1 saturated carbocycles.